The fourth-order valence-corrected chi connectivity index (χ4v) is 1.78. The van der Waals surface area contributed by atoms with Crippen molar-refractivity contribution in [2.75, 3.05) is 6.54 Å². The smallest absolute Gasteiger partial charge is 0.382 e. The van der Waals surface area contributed by atoms with E-state index in [1.165, 1.54) is 12.1 Å². The summed E-state index contributed by atoms with van der Waals surface area (Å²) in [5, 5.41) is 14.3. The summed E-state index contributed by atoms with van der Waals surface area (Å²) in [7, 11) is 0. The van der Waals surface area contributed by atoms with Crippen molar-refractivity contribution in [1.82, 2.24) is 15.1 Å². The second-order valence-electron chi connectivity index (χ2n) is 4.71. The van der Waals surface area contributed by atoms with Gasteiger partial charge < -0.3 is 10.4 Å². The Morgan fingerprint density at radius 3 is 2.67 bits per heavy atom. The lowest BCUT2D eigenvalue weighted by Gasteiger charge is -2.15. The highest BCUT2D eigenvalue weighted by Crippen LogP contribution is 2.19. The lowest BCUT2D eigenvalue weighted by Crippen LogP contribution is -2.42. The third kappa shape index (κ3) is 3.96. The van der Waals surface area contributed by atoms with Gasteiger partial charge in [-0.2, -0.15) is 23.0 Å². The van der Waals surface area contributed by atoms with Gasteiger partial charge in [0.15, 0.2) is 6.10 Å². The van der Waals surface area contributed by atoms with Crippen LogP contribution < -0.4 is 10.9 Å². The SMILES string of the molecule is O=C(NC[C@H](O)C(F)(F)F)c1ccnn(-c2cccc(F)c2)c1=O. The third-order valence-electron chi connectivity index (χ3n) is 2.98. The zero-order valence-electron chi connectivity index (χ0n) is 11.9. The van der Waals surface area contributed by atoms with E-state index in [0.29, 0.717) is 0 Å². The molecule has 6 nitrogen and oxygen atoms in total. The molecule has 10 heteroatoms. The zero-order valence-corrected chi connectivity index (χ0v) is 11.9. The van der Waals surface area contributed by atoms with E-state index in [4.69, 9.17) is 5.11 Å². The van der Waals surface area contributed by atoms with E-state index < -0.39 is 41.7 Å². The molecule has 1 aromatic heterocycles. The Balaban J connectivity index is 2.25. The Morgan fingerprint density at radius 2 is 2.04 bits per heavy atom. The second kappa shape index (κ2) is 6.79. The Labute approximate surface area is 132 Å². The van der Waals surface area contributed by atoms with Gasteiger partial charge >= 0.3 is 6.18 Å². The molecule has 0 saturated carbocycles. The average molecular weight is 345 g/mol. The van der Waals surface area contributed by atoms with Crippen molar-refractivity contribution in [2.45, 2.75) is 12.3 Å². The zero-order chi connectivity index (χ0) is 17.9. The minimum absolute atomic E-state index is 0.0463. The van der Waals surface area contributed by atoms with Gasteiger partial charge in [-0.15, -0.1) is 0 Å². The summed E-state index contributed by atoms with van der Waals surface area (Å²) in [5.74, 6) is -1.75. The molecule has 128 valence electrons. The summed E-state index contributed by atoms with van der Waals surface area (Å²) in [6.07, 6.45) is -6.58. The van der Waals surface area contributed by atoms with Crippen LogP contribution in [0.3, 0.4) is 0 Å². The molecule has 1 amide bonds. The summed E-state index contributed by atoms with van der Waals surface area (Å²) in [4.78, 5) is 24.0. The number of alkyl halides is 3. The maximum atomic E-state index is 13.2. The molecule has 2 aromatic rings. The molecule has 0 saturated heterocycles. The minimum atomic E-state index is -4.90. The van der Waals surface area contributed by atoms with Gasteiger partial charge in [0.25, 0.3) is 11.5 Å². The van der Waals surface area contributed by atoms with Gasteiger partial charge in [-0.25, -0.2) is 4.39 Å². The number of nitrogens with one attached hydrogen (secondary N) is 1. The van der Waals surface area contributed by atoms with E-state index in [-0.39, 0.29) is 5.69 Å². The third-order valence-corrected chi connectivity index (χ3v) is 2.98. The van der Waals surface area contributed by atoms with Gasteiger partial charge in [-0.1, -0.05) is 6.07 Å². The predicted octanol–water partition coefficient (Wildman–Crippen LogP) is 1.02. The summed E-state index contributed by atoms with van der Waals surface area (Å²) in [5.41, 5.74) is -1.39. The largest absolute Gasteiger partial charge is 0.416 e. The molecule has 0 spiro atoms. The minimum Gasteiger partial charge on any atom is -0.382 e. The van der Waals surface area contributed by atoms with Gasteiger partial charge in [-0.3, -0.25) is 9.59 Å². The molecule has 0 aliphatic carbocycles. The molecule has 2 rings (SSSR count). The first-order valence-corrected chi connectivity index (χ1v) is 6.57. The predicted molar refractivity (Wildman–Crippen MR) is 74.2 cm³/mol. The first kappa shape index (κ1) is 17.6. The van der Waals surface area contributed by atoms with Gasteiger partial charge in [0.1, 0.15) is 11.4 Å². The molecule has 0 aliphatic rings. The monoisotopic (exact) mass is 345 g/mol. The molecule has 0 aliphatic heterocycles. The number of carbonyl (C=O) groups is 1. The van der Waals surface area contributed by atoms with E-state index in [9.17, 15) is 27.2 Å². The fraction of sp³-hybridized carbons (Fsp3) is 0.214. The Bertz CT molecular complexity index is 804. The number of carbonyl (C=O) groups excluding carboxylic acids is 1. The number of rotatable bonds is 4. The van der Waals surface area contributed by atoms with Crippen molar-refractivity contribution in [3.05, 3.63) is 58.3 Å². The Hall–Kier alpha value is -2.75. The molecular weight excluding hydrogens is 334 g/mol. The van der Waals surface area contributed by atoms with Crippen LogP contribution in [0.1, 0.15) is 10.4 Å². The topological polar surface area (TPSA) is 84.2 Å². The number of hydrogen-bond acceptors (Lipinski definition) is 4. The summed E-state index contributed by atoms with van der Waals surface area (Å²) in [6, 6.07) is 5.85. The number of halogens is 4. The lowest BCUT2D eigenvalue weighted by molar-refractivity contribution is -0.201. The number of aliphatic hydroxyl groups excluding tert-OH is 1. The van der Waals surface area contributed by atoms with Crippen molar-refractivity contribution in [2.24, 2.45) is 0 Å². The average Bonchev–Trinajstić information content (AvgIpc) is 2.51. The van der Waals surface area contributed by atoms with Crippen LogP contribution in [0.15, 0.2) is 41.3 Å². The molecule has 0 fully saturated rings. The van der Waals surface area contributed by atoms with Crippen molar-refractivity contribution >= 4 is 5.91 Å². The van der Waals surface area contributed by atoms with Crippen LogP contribution in [0.5, 0.6) is 0 Å². The highest BCUT2D eigenvalue weighted by atomic mass is 19.4. The van der Waals surface area contributed by atoms with E-state index in [2.05, 4.69) is 5.10 Å². The molecule has 1 aromatic carbocycles. The maximum absolute atomic E-state index is 13.2. The molecule has 0 radical (unpaired) electrons. The molecule has 0 unspecified atom stereocenters. The van der Waals surface area contributed by atoms with E-state index >= 15 is 0 Å². The first-order chi connectivity index (χ1) is 11.2. The van der Waals surface area contributed by atoms with Crippen molar-refractivity contribution < 1.29 is 27.5 Å². The molecular formula is C14H11F4N3O3. The fourth-order valence-electron chi connectivity index (χ4n) is 1.78. The molecule has 1 heterocycles. The van der Waals surface area contributed by atoms with E-state index in [1.54, 1.807) is 0 Å². The quantitative estimate of drug-likeness (QED) is 0.811. The summed E-state index contributed by atoms with van der Waals surface area (Å²) >= 11 is 0. The van der Waals surface area contributed by atoms with Crippen LogP contribution in [0.25, 0.3) is 5.69 Å². The van der Waals surface area contributed by atoms with Crippen molar-refractivity contribution in [3.63, 3.8) is 0 Å². The van der Waals surface area contributed by atoms with Gasteiger partial charge in [0.2, 0.25) is 0 Å². The summed E-state index contributed by atoms with van der Waals surface area (Å²) in [6.45, 7) is -1.11. The van der Waals surface area contributed by atoms with Gasteiger partial charge in [0.05, 0.1) is 12.2 Å². The van der Waals surface area contributed by atoms with Crippen LogP contribution in [-0.2, 0) is 0 Å². The van der Waals surface area contributed by atoms with Crippen LogP contribution in [0, 0.1) is 5.82 Å². The molecule has 0 bridgehead atoms. The number of aliphatic hydroxyl groups is 1. The number of hydrogen-bond donors (Lipinski definition) is 2. The van der Waals surface area contributed by atoms with Crippen LogP contribution in [0.4, 0.5) is 17.6 Å². The van der Waals surface area contributed by atoms with E-state index in [0.717, 1.165) is 29.1 Å². The molecule has 24 heavy (non-hydrogen) atoms. The first-order valence-electron chi connectivity index (χ1n) is 6.57. The van der Waals surface area contributed by atoms with Crippen molar-refractivity contribution in [1.29, 1.82) is 0 Å². The number of amides is 1. The van der Waals surface area contributed by atoms with Gasteiger partial charge in [0, 0.05) is 6.20 Å². The van der Waals surface area contributed by atoms with Crippen LogP contribution >= 0.6 is 0 Å². The van der Waals surface area contributed by atoms with Crippen LogP contribution in [-0.4, -0.2) is 39.6 Å². The highest BCUT2D eigenvalue weighted by Gasteiger charge is 2.38. The maximum Gasteiger partial charge on any atom is 0.416 e. The number of nitrogens with zero attached hydrogens (tertiary/aromatic N) is 2. The van der Waals surface area contributed by atoms with Crippen LogP contribution in [0.2, 0.25) is 0 Å². The number of aromatic nitrogens is 2. The lowest BCUT2D eigenvalue weighted by atomic mass is 10.2. The standard InChI is InChI=1S/C14H11F4N3O3/c15-8-2-1-3-9(6-8)21-13(24)10(4-5-20-21)12(23)19-7-11(22)14(16,17)18/h1-6,11,22H,7H2,(H,19,23)/t11-/m0/s1. The van der Waals surface area contributed by atoms with Gasteiger partial charge in [-0.05, 0) is 24.3 Å². The normalized spacial score (nSPS) is 12.7. The summed E-state index contributed by atoms with van der Waals surface area (Å²) < 4.78 is 50.5. The Morgan fingerprint density at radius 1 is 1.33 bits per heavy atom. The Kier molecular flexibility index (Phi) is 4.98. The number of benzene rings is 1. The highest BCUT2D eigenvalue weighted by molar-refractivity contribution is 5.93. The second-order valence-corrected chi connectivity index (χ2v) is 4.71. The molecule has 2 N–H and O–H groups in total. The van der Waals surface area contributed by atoms with E-state index in [1.807, 2.05) is 5.32 Å². The van der Waals surface area contributed by atoms with Crippen molar-refractivity contribution in [3.8, 4) is 5.69 Å². The molecule has 1 atom stereocenters.